The van der Waals surface area contributed by atoms with Crippen molar-refractivity contribution in [3.05, 3.63) is 12.3 Å². The van der Waals surface area contributed by atoms with E-state index in [0.29, 0.717) is 0 Å². The van der Waals surface area contributed by atoms with E-state index in [-0.39, 0.29) is 0 Å². The van der Waals surface area contributed by atoms with Crippen LogP contribution in [0.1, 0.15) is 6.92 Å². The summed E-state index contributed by atoms with van der Waals surface area (Å²) in [5.74, 6) is -0.408. The van der Waals surface area contributed by atoms with E-state index in [4.69, 9.17) is 10.5 Å². The fourth-order valence-corrected chi connectivity index (χ4v) is 2.51. The maximum absolute atomic E-state index is 10.1. The van der Waals surface area contributed by atoms with Gasteiger partial charge in [0.05, 0.1) is 25.5 Å². The molecule has 8 heteroatoms. The molecule has 0 aromatic rings. The topological polar surface area (TPSA) is 131 Å². The average molecular weight is 275 g/mol. The van der Waals surface area contributed by atoms with Crippen LogP contribution in [0.4, 0.5) is 0 Å². The van der Waals surface area contributed by atoms with Gasteiger partial charge in [-0.15, -0.1) is 0 Å². The molecule has 8 nitrogen and oxygen atoms in total. The number of hydrogen-bond donors (Lipinski definition) is 6. The molecule has 0 amide bonds. The van der Waals surface area contributed by atoms with E-state index in [1.165, 1.54) is 4.90 Å². The molecule has 1 fully saturated rings. The van der Waals surface area contributed by atoms with Gasteiger partial charge in [-0.25, -0.2) is 0 Å². The van der Waals surface area contributed by atoms with Crippen LogP contribution < -0.4 is 11.1 Å². The lowest BCUT2D eigenvalue weighted by Crippen LogP contribution is -2.57. The molecule has 2 rings (SSSR count). The van der Waals surface area contributed by atoms with Gasteiger partial charge in [0.2, 0.25) is 0 Å². The predicted octanol–water partition coefficient (Wildman–Crippen LogP) is -2.96. The van der Waals surface area contributed by atoms with Crippen LogP contribution >= 0.6 is 0 Å². The number of hydrogen-bond acceptors (Lipinski definition) is 8. The Bertz CT molecular complexity index is 349. The molecule has 0 aromatic carbocycles. The summed E-state index contributed by atoms with van der Waals surface area (Å²) in [6.07, 6.45) is -0.0390. The zero-order valence-electron chi connectivity index (χ0n) is 10.7. The summed E-state index contributed by atoms with van der Waals surface area (Å²) in [5.41, 5.74) is 4.18. The van der Waals surface area contributed by atoms with Gasteiger partial charge in [-0.2, -0.15) is 0 Å². The first-order valence-electron chi connectivity index (χ1n) is 6.18. The number of nitrogens with two attached hydrogens (primary N) is 1. The standard InChI is InChI=1S/C11H21N3O5/c1-6-8(17)11(4-15,5-16)19-9(6)14-3-2-7(12)13-10(14)18/h2-3,6-10,13,15-18H,4-5,12H2,1H3. The normalized spacial score (nSPS) is 41.8. The van der Waals surface area contributed by atoms with E-state index < -0.39 is 49.6 Å². The molecule has 2 aliphatic rings. The van der Waals surface area contributed by atoms with Gasteiger partial charge in [0.1, 0.15) is 11.8 Å². The number of ether oxygens (including phenoxy) is 1. The largest absolute Gasteiger partial charge is 0.393 e. The van der Waals surface area contributed by atoms with E-state index >= 15 is 0 Å². The zero-order valence-corrected chi connectivity index (χ0v) is 10.7. The Morgan fingerprint density at radius 3 is 2.47 bits per heavy atom. The molecular weight excluding hydrogens is 254 g/mol. The lowest BCUT2D eigenvalue weighted by Gasteiger charge is -2.38. The fraction of sp³-hybridized carbons (Fsp3) is 0.818. The van der Waals surface area contributed by atoms with E-state index in [9.17, 15) is 20.4 Å². The molecule has 7 N–H and O–H groups in total. The monoisotopic (exact) mass is 275 g/mol. The molecular formula is C11H21N3O5. The Labute approximate surface area is 111 Å². The average Bonchev–Trinajstić information content (AvgIpc) is 2.64. The smallest absolute Gasteiger partial charge is 0.187 e. The minimum atomic E-state index is -1.42. The minimum Gasteiger partial charge on any atom is -0.393 e. The second-order valence-corrected chi connectivity index (χ2v) is 5.05. The molecule has 0 aromatic heterocycles. The minimum absolute atomic E-state index is 0.408. The summed E-state index contributed by atoms with van der Waals surface area (Å²) >= 11 is 0. The first kappa shape index (κ1) is 14.7. The molecule has 0 aliphatic carbocycles. The Morgan fingerprint density at radius 2 is 2.00 bits per heavy atom. The summed E-state index contributed by atoms with van der Waals surface area (Å²) < 4.78 is 5.60. The summed E-state index contributed by atoms with van der Waals surface area (Å²) in [4.78, 5) is 1.45. The molecule has 5 unspecified atom stereocenters. The van der Waals surface area contributed by atoms with E-state index in [1.807, 2.05) is 0 Å². The maximum atomic E-state index is 10.1. The molecule has 0 radical (unpaired) electrons. The second-order valence-electron chi connectivity index (χ2n) is 5.05. The van der Waals surface area contributed by atoms with Crippen LogP contribution in [0, 0.1) is 5.92 Å². The number of aliphatic hydroxyl groups excluding tert-OH is 4. The van der Waals surface area contributed by atoms with Gasteiger partial charge in [0.15, 0.2) is 6.35 Å². The van der Waals surface area contributed by atoms with Gasteiger partial charge < -0.3 is 35.8 Å². The van der Waals surface area contributed by atoms with Gasteiger partial charge in [-0.1, -0.05) is 6.92 Å². The third-order valence-electron chi connectivity index (χ3n) is 3.76. The molecule has 110 valence electrons. The highest BCUT2D eigenvalue weighted by Gasteiger charge is 2.54. The third kappa shape index (κ3) is 2.36. The van der Waals surface area contributed by atoms with Crippen molar-refractivity contribution in [2.45, 2.75) is 37.4 Å². The molecule has 2 heterocycles. The molecule has 0 saturated carbocycles. The molecule has 5 atom stereocenters. The van der Waals surface area contributed by atoms with Gasteiger partial charge in [0, 0.05) is 12.1 Å². The number of nitrogens with one attached hydrogen (secondary N) is 1. The van der Waals surface area contributed by atoms with Crippen molar-refractivity contribution in [3.8, 4) is 0 Å². The summed E-state index contributed by atoms with van der Waals surface area (Å²) in [7, 11) is 0. The summed E-state index contributed by atoms with van der Waals surface area (Å²) in [5, 5.41) is 41.4. The van der Waals surface area contributed by atoms with Gasteiger partial charge in [-0.3, -0.25) is 5.32 Å². The predicted molar refractivity (Wildman–Crippen MR) is 65.0 cm³/mol. The van der Waals surface area contributed by atoms with Crippen LogP contribution in [0.3, 0.4) is 0 Å². The SMILES string of the molecule is CC1C(N2C=CC(N)NC2O)OC(CO)(CO)C1O. The summed E-state index contributed by atoms with van der Waals surface area (Å²) in [6.45, 7) is 0.704. The molecule has 0 bridgehead atoms. The highest BCUT2D eigenvalue weighted by Crippen LogP contribution is 2.37. The van der Waals surface area contributed by atoms with E-state index in [2.05, 4.69) is 5.32 Å². The Balaban J connectivity index is 2.20. The lowest BCUT2D eigenvalue weighted by atomic mass is 9.92. The zero-order chi connectivity index (χ0) is 14.2. The van der Waals surface area contributed by atoms with Crippen LogP contribution in [-0.2, 0) is 4.74 Å². The highest BCUT2D eigenvalue weighted by atomic mass is 16.6. The Kier molecular flexibility index (Phi) is 4.11. The quantitative estimate of drug-likeness (QED) is 0.322. The van der Waals surface area contributed by atoms with E-state index in [1.54, 1.807) is 19.2 Å². The Hall–Kier alpha value is -0.740. The van der Waals surface area contributed by atoms with Gasteiger partial charge >= 0.3 is 0 Å². The molecule has 1 saturated heterocycles. The van der Waals surface area contributed by atoms with Crippen LogP contribution in [0.5, 0.6) is 0 Å². The van der Waals surface area contributed by atoms with Gasteiger partial charge in [0.25, 0.3) is 0 Å². The van der Waals surface area contributed by atoms with Crippen molar-refractivity contribution >= 4 is 0 Å². The molecule has 19 heavy (non-hydrogen) atoms. The van der Waals surface area contributed by atoms with Crippen molar-refractivity contribution < 1.29 is 25.2 Å². The van der Waals surface area contributed by atoms with Gasteiger partial charge in [-0.05, 0) is 6.08 Å². The van der Waals surface area contributed by atoms with Crippen LogP contribution in [-0.4, -0.2) is 69.0 Å². The van der Waals surface area contributed by atoms with Crippen molar-refractivity contribution in [2.24, 2.45) is 11.7 Å². The van der Waals surface area contributed by atoms with Crippen molar-refractivity contribution in [3.63, 3.8) is 0 Å². The number of nitrogens with zero attached hydrogens (tertiary/aromatic N) is 1. The van der Waals surface area contributed by atoms with Crippen molar-refractivity contribution in [1.29, 1.82) is 0 Å². The second kappa shape index (κ2) is 5.33. The molecule has 2 aliphatic heterocycles. The first-order chi connectivity index (χ1) is 8.95. The third-order valence-corrected chi connectivity index (χ3v) is 3.76. The maximum Gasteiger partial charge on any atom is 0.187 e. The Morgan fingerprint density at radius 1 is 1.37 bits per heavy atom. The van der Waals surface area contributed by atoms with Crippen molar-refractivity contribution in [2.75, 3.05) is 13.2 Å². The first-order valence-corrected chi connectivity index (χ1v) is 6.18. The van der Waals surface area contributed by atoms with Crippen LogP contribution in [0.2, 0.25) is 0 Å². The van der Waals surface area contributed by atoms with Crippen LogP contribution in [0.15, 0.2) is 12.3 Å². The molecule has 0 spiro atoms. The highest BCUT2D eigenvalue weighted by molar-refractivity contribution is 5.04. The number of rotatable bonds is 3. The van der Waals surface area contributed by atoms with E-state index in [0.717, 1.165) is 0 Å². The van der Waals surface area contributed by atoms with Crippen molar-refractivity contribution in [1.82, 2.24) is 10.2 Å². The summed E-state index contributed by atoms with van der Waals surface area (Å²) in [6, 6.07) is 0. The fourth-order valence-electron chi connectivity index (χ4n) is 2.51. The van der Waals surface area contributed by atoms with Crippen LogP contribution in [0.25, 0.3) is 0 Å². The lowest BCUT2D eigenvalue weighted by molar-refractivity contribution is -0.184. The number of aliphatic hydroxyl groups is 4.